The SMILES string of the molecule is CC(C)(C)c1ccc(S(=O)(=O)N(N)c2ccc(/C=C/C(=O)N(N)c3ccccc3NN=N)cc2)cc1. The standard InChI is InChI=1S/C25H29N7O3S/c1-25(2,3)19-11-15-21(16-12-19)36(34,35)32(28)20-13-8-18(9-14-20)10-17-24(33)31(27)23-7-5-4-6-22(23)29-30-26/h4-17H,27-28H2,1-3H3,(H2,26,29)/b17-10+. The number of rotatable bonds is 8. The van der Waals surface area contributed by atoms with E-state index in [0.29, 0.717) is 16.9 Å². The summed E-state index contributed by atoms with van der Waals surface area (Å²) in [5.41, 5.74) is 12.0. The summed E-state index contributed by atoms with van der Waals surface area (Å²) in [7, 11) is -3.95. The average Bonchev–Trinajstić information content (AvgIpc) is 2.86. The molecule has 0 saturated heterocycles. The molecule has 3 aromatic carbocycles. The van der Waals surface area contributed by atoms with Gasteiger partial charge in [-0.05, 0) is 59.0 Å². The van der Waals surface area contributed by atoms with Crippen molar-refractivity contribution < 1.29 is 13.2 Å². The van der Waals surface area contributed by atoms with Crippen LogP contribution in [0.15, 0.2) is 89.0 Å². The summed E-state index contributed by atoms with van der Waals surface area (Å²) in [6.07, 6.45) is 2.81. The highest BCUT2D eigenvalue weighted by Gasteiger charge is 2.23. The number of benzene rings is 3. The van der Waals surface area contributed by atoms with Crippen LogP contribution in [0.3, 0.4) is 0 Å². The zero-order valence-electron chi connectivity index (χ0n) is 20.2. The summed E-state index contributed by atoms with van der Waals surface area (Å²) in [5.74, 6) is 11.4. The zero-order valence-corrected chi connectivity index (χ0v) is 21.0. The fourth-order valence-corrected chi connectivity index (χ4v) is 4.42. The van der Waals surface area contributed by atoms with Gasteiger partial charge in [-0.2, -0.15) is 13.9 Å². The second-order valence-electron chi connectivity index (χ2n) is 8.95. The minimum atomic E-state index is -3.95. The van der Waals surface area contributed by atoms with Gasteiger partial charge in [0.25, 0.3) is 15.9 Å². The number of hydrazine groups is 2. The number of anilines is 3. The number of nitrogens with zero attached hydrogens (tertiary/aromatic N) is 3. The number of nitrogens with two attached hydrogens (primary N) is 2. The lowest BCUT2D eigenvalue weighted by Crippen LogP contribution is -2.37. The first kappa shape index (κ1) is 26.5. The van der Waals surface area contributed by atoms with Crippen LogP contribution in [0.25, 0.3) is 6.08 Å². The van der Waals surface area contributed by atoms with E-state index in [0.717, 1.165) is 15.0 Å². The molecule has 0 unspecified atom stereocenters. The highest BCUT2D eigenvalue weighted by molar-refractivity contribution is 7.92. The average molecular weight is 508 g/mol. The molecule has 0 heterocycles. The van der Waals surface area contributed by atoms with Crippen molar-refractivity contribution in [2.45, 2.75) is 31.1 Å². The van der Waals surface area contributed by atoms with Gasteiger partial charge in [0.2, 0.25) is 0 Å². The second kappa shape index (κ2) is 10.7. The summed E-state index contributed by atoms with van der Waals surface area (Å²) in [6.45, 7) is 6.14. The lowest BCUT2D eigenvalue weighted by molar-refractivity contribution is -0.114. The number of carbonyl (C=O) groups excluding carboxylic acids is 1. The lowest BCUT2D eigenvalue weighted by atomic mass is 9.87. The quantitative estimate of drug-likeness (QED) is 0.117. The number of para-hydroxylation sites is 2. The van der Waals surface area contributed by atoms with Crippen LogP contribution in [0.2, 0.25) is 0 Å². The Morgan fingerprint density at radius 2 is 1.58 bits per heavy atom. The van der Waals surface area contributed by atoms with Crippen molar-refractivity contribution in [3.05, 3.63) is 90.0 Å². The van der Waals surface area contributed by atoms with Gasteiger partial charge in [0.15, 0.2) is 0 Å². The zero-order chi connectivity index (χ0) is 26.5. The number of hydrogen-bond acceptors (Lipinski definition) is 7. The van der Waals surface area contributed by atoms with Gasteiger partial charge >= 0.3 is 0 Å². The molecule has 0 aliphatic rings. The number of amides is 1. The molecule has 10 nitrogen and oxygen atoms in total. The monoisotopic (exact) mass is 507 g/mol. The Morgan fingerprint density at radius 1 is 0.972 bits per heavy atom. The summed E-state index contributed by atoms with van der Waals surface area (Å²) in [4.78, 5) is 12.6. The Bertz CT molecular complexity index is 1360. The maximum Gasteiger partial charge on any atom is 0.277 e. The van der Waals surface area contributed by atoms with Crippen molar-refractivity contribution >= 4 is 39.1 Å². The topological polar surface area (TPSA) is 158 Å². The smallest absolute Gasteiger partial charge is 0.268 e. The molecule has 3 rings (SSSR count). The maximum absolute atomic E-state index is 13.0. The van der Waals surface area contributed by atoms with E-state index in [2.05, 4.69) is 10.6 Å². The van der Waals surface area contributed by atoms with Crippen LogP contribution in [-0.4, -0.2) is 14.3 Å². The van der Waals surface area contributed by atoms with Crippen molar-refractivity contribution in [3.63, 3.8) is 0 Å². The van der Waals surface area contributed by atoms with Gasteiger partial charge in [0, 0.05) is 6.08 Å². The van der Waals surface area contributed by atoms with Crippen LogP contribution >= 0.6 is 0 Å². The third-order valence-corrected chi connectivity index (χ3v) is 7.02. The van der Waals surface area contributed by atoms with Crippen LogP contribution in [0.5, 0.6) is 0 Å². The Morgan fingerprint density at radius 3 is 2.17 bits per heavy atom. The molecule has 6 N–H and O–H groups in total. The van der Waals surface area contributed by atoms with Gasteiger partial charge in [-0.3, -0.25) is 10.2 Å². The predicted molar refractivity (Wildman–Crippen MR) is 141 cm³/mol. The van der Waals surface area contributed by atoms with E-state index >= 15 is 0 Å². The molecule has 0 bridgehead atoms. The summed E-state index contributed by atoms with van der Waals surface area (Å²) >= 11 is 0. The largest absolute Gasteiger partial charge is 0.277 e. The molecular formula is C25H29N7O3S. The van der Waals surface area contributed by atoms with E-state index in [1.54, 1.807) is 72.8 Å². The summed E-state index contributed by atoms with van der Waals surface area (Å²) in [5, 5.41) is 4.03. The number of sulfonamides is 1. The first-order valence-electron chi connectivity index (χ1n) is 10.9. The lowest BCUT2D eigenvalue weighted by Gasteiger charge is -2.21. The van der Waals surface area contributed by atoms with Gasteiger partial charge < -0.3 is 0 Å². The second-order valence-corrected chi connectivity index (χ2v) is 10.8. The van der Waals surface area contributed by atoms with E-state index in [1.165, 1.54) is 12.2 Å². The predicted octanol–water partition coefficient (Wildman–Crippen LogP) is 4.33. The minimum Gasteiger partial charge on any atom is -0.268 e. The summed E-state index contributed by atoms with van der Waals surface area (Å²) < 4.78 is 26.7. The molecule has 188 valence electrons. The first-order valence-corrected chi connectivity index (χ1v) is 12.4. The molecule has 3 aromatic rings. The molecule has 0 saturated carbocycles. The third-order valence-electron chi connectivity index (χ3n) is 5.42. The van der Waals surface area contributed by atoms with Gasteiger partial charge in [-0.25, -0.2) is 21.1 Å². The van der Waals surface area contributed by atoms with E-state index < -0.39 is 15.9 Å². The van der Waals surface area contributed by atoms with Crippen molar-refractivity contribution in [3.8, 4) is 0 Å². The third kappa shape index (κ3) is 5.95. The number of hydrogen-bond donors (Lipinski definition) is 4. The summed E-state index contributed by atoms with van der Waals surface area (Å²) in [6, 6.07) is 19.7. The Hall–Kier alpha value is -4.06. The van der Waals surface area contributed by atoms with Gasteiger partial charge in [-0.15, -0.1) is 0 Å². The molecule has 0 atom stereocenters. The van der Waals surface area contributed by atoms with Gasteiger partial charge in [0.1, 0.15) is 0 Å². The van der Waals surface area contributed by atoms with Crippen molar-refractivity contribution in [2.75, 3.05) is 14.8 Å². The normalized spacial score (nSPS) is 11.8. The molecule has 0 radical (unpaired) electrons. The van der Waals surface area contributed by atoms with Gasteiger partial charge in [-0.1, -0.05) is 62.4 Å². The molecule has 0 aliphatic heterocycles. The highest BCUT2D eigenvalue weighted by Crippen LogP contribution is 2.26. The number of nitrogens with one attached hydrogen (secondary N) is 2. The fraction of sp³-hybridized carbons (Fsp3) is 0.160. The van der Waals surface area contributed by atoms with Crippen molar-refractivity contribution in [2.24, 2.45) is 16.9 Å². The molecule has 0 fully saturated rings. The van der Waals surface area contributed by atoms with Crippen LogP contribution in [0, 0.1) is 5.53 Å². The van der Waals surface area contributed by atoms with Crippen LogP contribution < -0.4 is 26.5 Å². The van der Waals surface area contributed by atoms with Crippen LogP contribution in [0.4, 0.5) is 17.1 Å². The molecule has 0 aliphatic carbocycles. The molecule has 36 heavy (non-hydrogen) atoms. The fourth-order valence-electron chi connectivity index (χ4n) is 3.32. The van der Waals surface area contributed by atoms with E-state index in [1.807, 2.05) is 20.8 Å². The molecular weight excluding hydrogens is 478 g/mol. The Kier molecular flexibility index (Phi) is 7.88. The van der Waals surface area contributed by atoms with E-state index in [9.17, 15) is 13.2 Å². The van der Waals surface area contributed by atoms with Gasteiger partial charge in [0.05, 0.1) is 22.0 Å². The van der Waals surface area contributed by atoms with Crippen LogP contribution in [0.1, 0.15) is 31.9 Å². The Balaban J connectivity index is 1.73. The van der Waals surface area contributed by atoms with E-state index in [-0.39, 0.29) is 16.0 Å². The van der Waals surface area contributed by atoms with Crippen molar-refractivity contribution in [1.29, 1.82) is 5.53 Å². The first-order chi connectivity index (χ1) is 16.9. The van der Waals surface area contributed by atoms with E-state index in [4.69, 9.17) is 17.2 Å². The van der Waals surface area contributed by atoms with Crippen molar-refractivity contribution in [1.82, 2.24) is 0 Å². The maximum atomic E-state index is 13.0. The highest BCUT2D eigenvalue weighted by atomic mass is 32.2. The molecule has 0 aromatic heterocycles. The Labute approximate surface area is 210 Å². The molecule has 1 amide bonds. The molecule has 0 spiro atoms. The minimum absolute atomic E-state index is 0.0867. The molecule has 11 heteroatoms. The number of carbonyl (C=O) groups is 1. The van der Waals surface area contributed by atoms with Crippen LogP contribution in [-0.2, 0) is 20.2 Å².